The molecule has 1 aliphatic carbocycles. The van der Waals surface area contributed by atoms with Crippen LogP contribution in [0, 0.1) is 0 Å². The quantitative estimate of drug-likeness (QED) is 0.850. The van der Waals surface area contributed by atoms with Gasteiger partial charge >= 0.3 is 0 Å². The van der Waals surface area contributed by atoms with Crippen LogP contribution in [0.25, 0.3) is 0 Å². The first-order chi connectivity index (χ1) is 7.99. The van der Waals surface area contributed by atoms with Crippen molar-refractivity contribution in [2.75, 3.05) is 6.54 Å². The molecule has 1 aromatic carbocycles. The minimum Gasteiger partial charge on any atom is -0.330 e. The van der Waals surface area contributed by atoms with Crippen molar-refractivity contribution in [2.45, 2.75) is 50.6 Å². The minimum absolute atomic E-state index is 0.0138. The fourth-order valence-corrected chi connectivity index (χ4v) is 3.10. The molecule has 2 rings (SSSR count). The summed E-state index contributed by atoms with van der Waals surface area (Å²) >= 11 is 0. The van der Waals surface area contributed by atoms with Gasteiger partial charge in [0.25, 0.3) is 0 Å². The summed E-state index contributed by atoms with van der Waals surface area (Å²) in [7, 11) is 0. The van der Waals surface area contributed by atoms with Crippen LogP contribution in [-0.4, -0.2) is 6.54 Å². The van der Waals surface area contributed by atoms with Crippen molar-refractivity contribution < 1.29 is 4.39 Å². The first-order valence-corrected chi connectivity index (χ1v) is 6.49. The summed E-state index contributed by atoms with van der Waals surface area (Å²) in [6, 6.07) is 7.89. The molecule has 0 atom stereocenters. The van der Waals surface area contributed by atoms with E-state index in [1.165, 1.54) is 12.8 Å². The summed E-state index contributed by atoms with van der Waals surface area (Å²) in [5.74, 6) is 0. The Kier molecular flexibility index (Phi) is 3.26. The summed E-state index contributed by atoms with van der Waals surface area (Å²) in [6.07, 6.45) is 4.60. The van der Waals surface area contributed by atoms with E-state index in [0.29, 0.717) is 6.54 Å². The van der Waals surface area contributed by atoms with Crippen molar-refractivity contribution in [1.82, 2.24) is 0 Å². The van der Waals surface area contributed by atoms with E-state index in [2.05, 4.69) is 6.07 Å². The predicted molar refractivity (Wildman–Crippen MR) is 69.8 cm³/mol. The lowest BCUT2D eigenvalue weighted by Crippen LogP contribution is -2.34. The largest absolute Gasteiger partial charge is 0.330 e. The third kappa shape index (κ3) is 2.23. The van der Waals surface area contributed by atoms with E-state index in [1.807, 2.05) is 18.2 Å². The maximum absolute atomic E-state index is 14.3. The Hall–Kier alpha value is -0.890. The summed E-state index contributed by atoms with van der Waals surface area (Å²) < 4.78 is 14.3. The predicted octanol–water partition coefficient (Wildman–Crippen LogP) is 3.66. The second kappa shape index (κ2) is 4.41. The molecule has 1 fully saturated rings. The molecule has 1 aromatic rings. The van der Waals surface area contributed by atoms with E-state index in [9.17, 15) is 4.39 Å². The topological polar surface area (TPSA) is 26.0 Å². The molecule has 0 saturated heterocycles. The van der Waals surface area contributed by atoms with Crippen LogP contribution in [0.4, 0.5) is 4.39 Å². The molecule has 0 bridgehead atoms. The highest BCUT2D eigenvalue weighted by Crippen LogP contribution is 2.44. The number of rotatable bonds is 3. The van der Waals surface area contributed by atoms with Gasteiger partial charge in [0.15, 0.2) is 0 Å². The third-order valence-corrected chi connectivity index (χ3v) is 4.09. The number of halogens is 1. The van der Waals surface area contributed by atoms with Crippen LogP contribution in [-0.2, 0) is 11.1 Å². The normalized spacial score (nSPS) is 19.5. The van der Waals surface area contributed by atoms with Crippen LogP contribution in [0.1, 0.15) is 50.7 Å². The monoisotopic (exact) mass is 235 g/mol. The lowest BCUT2D eigenvalue weighted by molar-refractivity contribution is 0.216. The fourth-order valence-electron chi connectivity index (χ4n) is 3.10. The minimum atomic E-state index is -1.29. The van der Waals surface area contributed by atoms with Crippen LogP contribution < -0.4 is 5.73 Å². The summed E-state index contributed by atoms with van der Waals surface area (Å²) in [4.78, 5) is 0. The van der Waals surface area contributed by atoms with Crippen LogP contribution in [0.3, 0.4) is 0 Å². The highest BCUT2D eigenvalue weighted by molar-refractivity contribution is 5.39. The van der Waals surface area contributed by atoms with Gasteiger partial charge in [-0.25, -0.2) is 4.39 Å². The zero-order valence-electron chi connectivity index (χ0n) is 10.8. The van der Waals surface area contributed by atoms with Crippen LogP contribution >= 0.6 is 0 Å². The summed E-state index contributed by atoms with van der Waals surface area (Å²) in [6.45, 7) is 3.89. The number of nitrogens with two attached hydrogens (primary N) is 1. The molecule has 1 saturated carbocycles. The Balaban J connectivity index is 2.51. The molecule has 0 aromatic heterocycles. The molecule has 0 radical (unpaired) electrons. The highest BCUT2D eigenvalue weighted by Gasteiger charge is 2.38. The third-order valence-electron chi connectivity index (χ3n) is 4.09. The Morgan fingerprint density at radius 2 is 1.82 bits per heavy atom. The van der Waals surface area contributed by atoms with Gasteiger partial charge in [-0.1, -0.05) is 37.1 Å². The second-order valence-corrected chi connectivity index (χ2v) is 5.71. The average molecular weight is 235 g/mol. The first-order valence-electron chi connectivity index (χ1n) is 6.49. The molecule has 0 aliphatic heterocycles. The summed E-state index contributed by atoms with van der Waals surface area (Å²) in [5, 5.41) is 0. The molecular formula is C15H22FN. The van der Waals surface area contributed by atoms with E-state index >= 15 is 0 Å². The van der Waals surface area contributed by atoms with E-state index in [-0.39, 0.29) is 5.41 Å². The average Bonchev–Trinajstić information content (AvgIpc) is 2.78. The van der Waals surface area contributed by atoms with Crippen LogP contribution in [0.5, 0.6) is 0 Å². The number of hydrogen-bond acceptors (Lipinski definition) is 1. The highest BCUT2D eigenvalue weighted by atomic mass is 19.1. The molecule has 2 N–H and O–H groups in total. The standard InChI is InChI=1S/C15H22FN/c1-14(2,16)12-7-3-4-8-13(12)15(11-17)9-5-6-10-15/h3-4,7-8H,5-6,9-11,17H2,1-2H3. The van der Waals surface area contributed by atoms with Crippen molar-refractivity contribution in [3.05, 3.63) is 35.4 Å². The lowest BCUT2D eigenvalue weighted by Gasteiger charge is -2.32. The van der Waals surface area contributed by atoms with Gasteiger partial charge < -0.3 is 5.73 Å². The Morgan fingerprint density at radius 1 is 1.24 bits per heavy atom. The van der Waals surface area contributed by atoms with Crippen molar-refractivity contribution in [3.8, 4) is 0 Å². The molecule has 2 heteroatoms. The fraction of sp³-hybridized carbons (Fsp3) is 0.600. The Morgan fingerprint density at radius 3 is 2.35 bits per heavy atom. The first kappa shape index (κ1) is 12.6. The molecule has 94 valence electrons. The van der Waals surface area contributed by atoms with Gasteiger partial charge in [0.2, 0.25) is 0 Å². The molecule has 17 heavy (non-hydrogen) atoms. The molecule has 1 aliphatic rings. The zero-order chi connectivity index (χ0) is 12.5. The van der Waals surface area contributed by atoms with Gasteiger partial charge in [0.05, 0.1) is 0 Å². The molecule has 0 spiro atoms. The van der Waals surface area contributed by atoms with Crippen molar-refractivity contribution in [2.24, 2.45) is 5.73 Å². The second-order valence-electron chi connectivity index (χ2n) is 5.71. The van der Waals surface area contributed by atoms with E-state index in [0.717, 1.165) is 24.0 Å². The smallest absolute Gasteiger partial charge is 0.130 e. The lowest BCUT2D eigenvalue weighted by atomic mass is 9.74. The zero-order valence-corrected chi connectivity index (χ0v) is 10.8. The molecule has 0 heterocycles. The molecule has 1 nitrogen and oxygen atoms in total. The van der Waals surface area contributed by atoms with Crippen molar-refractivity contribution in [1.29, 1.82) is 0 Å². The summed E-state index contributed by atoms with van der Waals surface area (Å²) in [5.41, 5.74) is 6.66. The van der Waals surface area contributed by atoms with Gasteiger partial charge in [-0.2, -0.15) is 0 Å². The van der Waals surface area contributed by atoms with Gasteiger partial charge in [-0.15, -0.1) is 0 Å². The molecule has 0 unspecified atom stereocenters. The molecular weight excluding hydrogens is 213 g/mol. The van der Waals surface area contributed by atoms with Gasteiger partial charge in [-0.3, -0.25) is 0 Å². The van der Waals surface area contributed by atoms with Gasteiger partial charge in [0.1, 0.15) is 5.67 Å². The van der Waals surface area contributed by atoms with Crippen molar-refractivity contribution >= 4 is 0 Å². The molecule has 0 amide bonds. The van der Waals surface area contributed by atoms with Crippen LogP contribution in [0.15, 0.2) is 24.3 Å². The number of alkyl halides is 1. The number of hydrogen-bond donors (Lipinski definition) is 1. The van der Waals surface area contributed by atoms with Crippen molar-refractivity contribution in [3.63, 3.8) is 0 Å². The maximum atomic E-state index is 14.3. The maximum Gasteiger partial charge on any atom is 0.130 e. The van der Waals surface area contributed by atoms with E-state index in [1.54, 1.807) is 13.8 Å². The number of benzene rings is 1. The Bertz CT molecular complexity index is 386. The van der Waals surface area contributed by atoms with E-state index in [4.69, 9.17) is 5.73 Å². The SMILES string of the molecule is CC(C)(F)c1ccccc1C1(CN)CCCC1. The van der Waals surface area contributed by atoms with Crippen LogP contribution in [0.2, 0.25) is 0 Å². The Labute approximate surface area is 103 Å². The van der Waals surface area contributed by atoms with Gasteiger partial charge in [0, 0.05) is 12.0 Å². The van der Waals surface area contributed by atoms with Gasteiger partial charge in [-0.05, 0) is 37.8 Å². The van der Waals surface area contributed by atoms with E-state index < -0.39 is 5.67 Å².